The smallest absolute Gasteiger partial charge is 0.229 e. The lowest BCUT2D eigenvalue weighted by Gasteiger charge is -2.17. The lowest BCUT2D eigenvalue weighted by Crippen LogP contribution is -2.21. The lowest BCUT2D eigenvalue weighted by molar-refractivity contribution is -0.138. The van der Waals surface area contributed by atoms with Gasteiger partial charge in [-0.2, -0.15) is 10.5 Å². The molecule has 0 spiro atoms. The van der Waals surface area contributed by atoms with Crippen LogP contribution < -0.4 is 10.5 Å². The Bertz CT molecular complexity index is 1740. The van der Waals surface area contributed by atoms with E-state index in [-0.39, 0.29) is 40.3 Å². The molecule has 2 aromatic carbocycles. The average Bonchev–Trinajstić information content (AvgIpc) is 3.54. The molecule has 0 bridgehead atoms. The van der Waals surface area contributed by atoms with Gasteiger partial charge in [-0.15, -0.1) is 0 Å². The number of thioether (sulfide) groups is 1. The fraction of sp³-hybridized carbons (Fsp3) is 0.312. The van der Waals surface area contributed by atoms with Crippen molar-refractivity contribution in [2.45, 2.75) is 56.3 Å². The molecule has 0 amide bonds. The number of anilines is 1. The minimum Gasteiger partial charge on any atom is -0.497 e. The van der Waals surface area contributed by atoms with E-state index in [0.29, 0.717) is 40.0 Å². The first-order valence-electron chi connectivity index (χ1n) is 13.6. The normalized spacial score (nSPS) is 15.7. The van der Waals surface area contributed by atoms with Gasteiger partial charge in [0.2, 0.25) is 5.89 Å². The molecule has 3 heterocycles. The van der Waals surface area contributed by atoms with Crippen LogP contribution in [0.2, 0.25) is 0 Å². The summed E-state index contributed by atoms with van der Waals surface area (Å²) in [6, 6.07) is 16.5. The summed E-state index contributed by atoms with van der Waals surface area (Å²) < 4.78 is 37.0. The molecule has 11 heteroatoms. The van der Waals surface area contributed by atoms with Gasteiger partial charge in [-0.3, -0.25) is 0 Å². The molecule has 2 aromatic heterocycles. The summed E-state index contributed by atoms with van der Waals surface area (Å²) in [6.45, 7) is 6.11. The maximum atomic E-state index is 14.6. The summed E-state index contributed by atoms with van der Waals surface area (Å²) in [5.74, 6) is 0.259. The van der Waals surface area contributed by atoms with Crippen LogP contribution in [-0.2, 0) is 21.6 Å². The molecule has 4 aromatic rings. The van der Waals surface area contributed by atoms with E-state index in [0.717, 1.165) is 18.4 Å². The quantitative estimate of drug-likeness (QED) is 0.210. The average molecular weight is 600 g/mol. The fourth-order valence-corrected chi connectivity index (χ4v) is 5.87. The molecule has 1 atom stereocenters. The molecule has 9 nitrogen and oxygen atoms in total. The van der Waals surface area contributed by atoms with Crippen molar-refractivity contribution in [2.75, 3.05) is 19.5 Å². The van der Waals surface area contributed by atoms with Gasteiger partial charge in [0.05, 0.1) is 36.6 Å². The number of aryl methyl sites for hydroxylation is 2. The molecule has 1 fully saturated rings. The van der Waals surface area contributed by atoms with Crippen LogP contribution in [0, 0.1) is 35.4 Å². The van der Waals surface area contributed by atoms with Gasteiger partial charge >= 0.3 is 0 Å². The number of nitrogen functional groups attached to an aromatic ring is 1. The van der Waals surface area contributed by atoms with Crippen molar-refractivity contribution in [3.63, 3.8) is 0 Å². The molecule has 1 aliphatic rings. The second-order valence-corrected chi connectivity index (χ2v) is 11.5. The number of nitrogens with zero attached hydrogens (tertiary/aromatic N) is 4. The SMILES string of the molecule is COc1ccc(-c2nc(CSc3nc(N)c(C#N)c(-c4ccc(CC[C@H]5COC(C)(C)O5)cc4)c3C#N)c(C)o2)c(F)c1. The molecule has 220 valence electrons. The first-order chi connectivity index (χ1) is 20.6. The van der Waals surface area contributed by atoms with Crippen molar-refractivity contribution in [1.82, 2.24) is 9.97 Å². The van der Waals surface area contributed by atoms with Crippen molar-refractivity contribution in [1.29, 1.82) is 10.5 Å². The van der Waals surface area contributed by atoms with E-state index in [9.17, 15) is 14.9 Å². The van der Waals surface area contributed by atoms with E-state index in [2.05, 4.69) is 22.1 Å². The second kappa shape index (κ2) is 12.4. The molecule has 2 N–H and O–H groups in total. The number of hydrogen-bond acceptors (Lipinski definition) is 10. The summed E-state index contributed by atoms with van der Waals surface area (Å²) in [5, 5.41) is 20.5. The molecule has 0 saturated carbocycles. The molecule has 0 unspecified atom stereocenters. The van der Waals surface area contributed by atoms with E-state index in [4.69, 9.17) is 24.4 Å². The minimum atomic E-state index is -0.559. The predicted octanol–water partition coefficient (Wildman–Crippen LogP) is 6.56. The first-order valence-corrected chi connectivity index (χ1v) is 14.6. The molecule has 1 saturated heterocycles. The number of nitrogens with two attached hydrogens (primary N) is 1. The van der Waals surface area contributed by atoms with Gasteiger partial charge in [0.15, 0.2) is 5.79 Å². The van der Waals surface area contributed by atoms with E-state index in [1.807, 2.05) is 38.1 Å². The van der Waals surface area contributed by atoms with Crippen LogP contribution in [0.25, 0.3) is 22.6 Å². The minimum absolute atomic E-state index is 0.0296. The van der Waals surface area contributed by atoms with E-state index in [1.54, 1.807) is 19.1 Å². The number of hydrogen-bond donors (Lipinski definition) is 1. The maximum absolute atomic E-state index is 14.6. The number of ether oxygens (including phenoxy) is 3. The van der Waals surface area contributed by atoms with Gasteiger partial charge in [-0.05, 0) is 56.9 Å². The summed E-state index contributed by atoms with van der Waals surface area (Å²) in [4.78, 5) is 8.87. The summed E-state index contributed by atoms with van der Waals surface area (Å²) in [6.07, 6.45) is 1.64. The van der Waals surface area contributed by atoms with Crippen LogP contribution in [0.3, 0.4) is 0 Å². The Morgan fingerprint density at radius 2 is 1.86 bits per heavy atom. The van der Waals surface area contributed by atoms with Crippen LogP contribution >= 0.6 is 11.8 Å². The van der Waals surface area contributed by atoms with E-state index in [1.165, 1.54) is 24.9 Å². The predicted molar refractivity (Wildman–Crippen MR) is 159 cm³/mol. The van der Waals surface area contributed by atoms with Crippen LogP contribution in [0.5, 0.6) is 5.75 Å². The molecular weight excluding hydrogens is 569 g/mol. The number of benzene rings is 2. The number of halogens is 1. The van der Waals surface area contributed by atoms with E-state index < -0.39 is 11.6 Å². The van der Waals surface area contributed by atoms with Gasteiger partial charge in [0.1, 0.15) is 45.9 Å². The lowest BCUT2D eigenvalue weighted by atomic mass is 9.95. The number of aromatic nitrogens is 2. The highest BCUT2D eigenvalue weighted by atomic mass is 32.2. The maximum Gasteiger partial charge on any atom is 0.229 e. The molecule has 0 radical (unpaired) electrons. The Hall–Kier alpha value is -4.42. The van der Waals surface area contributed by atoms with Crippen molar-refractivity contribution >= 4 is 17.6 Å². The topological polar surface area (TPSA) is 140 Å². The highest BCUT2D eigenvalue weighted by Crippen LogP contribution is 2.38. The molecule has 0 aliphatic carbocycles. The zero-order valence-electron chi connectivity index (χ0n) is 24.2. The third-order valence-electron chi connectivity index (χ3n) is 7.13. The zero-order chi connectivity index (χ0) is 30.7. The Labute approximate surface area is 253 Å². The van der Waals surface area contributed by atoms with Crippen molar-refractivity contribution < 1.29 is 23.0 Å². The second-order valence-electron chi connectivity index (χ2n) is 10.5. The largest absolute Gasteiger partial charge is 0.497 e. The van der Waals surface area contributed by atoms with Crippen LogP contribution in [-0.4, -0.2) is 35.6 Å². The van der Waals surface area contributed by atoms with Gasteiger partial charge in [-0.25, -0.2) is 14.4 Å². The molecule has 1 aliphatic heterocycles. The Kier molecular flexibility index (Phi) is 8.69. The summed E-state index contributed by atoms with van der Waals surface area (Å²) >= 11 is 1.24. The molecular formula is C32H30FN5O4S. The Morgan fingerprint density at radius 3 is 2.49 bits per heavy atom. The molecule has 43 heavy (non-hydrogen) atoms. The van der Waals surface area contributed by atoms with Crippen LogP contribution in [0.1, 0.15) is 48.4 Å². The van der Waals surface area contributed by atoms with Gasteiger partial charge in [-0.1, -0.05) is 36.0 Å². The number of methoxy groups -OCH3 is 1. The van der Waals surface area contributed by atoms with E-state index >= 15 is 0 Å². The number of nitriles is 2. The summed E-state index contributed by atoms with van der Waals surface area (Å²) in [5.41, 5.74) is 9.57. The van der Waals surface area contributed by atoms with Crippen molar-refractivity contribution in [2.24, 2.45) is 0 Å². The fourth-order valence-electron chi connectivity index (χ4n) is 4.87. The van der Waals surface area contributed by atoms with Gasteiger partial charge in [0.25, 0.3) is 0 Å². The van der Waals surface area contributed by atoms with Gasteiger partial charge in [0, 0.05) is 17.4 Å². The Morgan fingerprint density at radius 1 is 1.12 bits per heavy atom. The number of rotatable bonds is 9. The van der Waals surface area contributed by atoms with Crippen molar-refractivity contribution in [3.8, 4) is 40.5 Å². The third-order valence-corrected chi connectivity index (χ3v) is 8.11. The number of oxazole rings is 1. The van der Waals surface area contributed by atoms with Crippen molar-refractivity contribution in [3.05, 3.63) is 76.4 Å². The standard InChI is InChI=1S/C32H30FN5O4S/c1-18-27(37-30(41-18)23-12-11-21(39-4)13-26(23)33)17-43-31-25(15-35)28(24(14-34)29(36)38-31)20-8-5-19(6-9-20)7-10-22-16-40-32(2,3)42-22/h5-6,8-9,11-13,22H,7,10,16-17H2,1-4H3,(H2,36,38)/t22-/m0/s1. The highest BCUT2D eigenvalue weighted by Gasteiger charge is 2.32. The summed E-state index contributed by atoms with van der Waals surface area (Å²) in [7, 11) is 1.46. The van der Waals surface area contributed by atoms with Crippen LogP contribution in [0.15, 0.2) is 51.9 Å². The molecule has 5 rings (SSSR count). The first kappa shape index (κ1) is 30.1. The van der Waals surface area contributed by atoms with Crippen LogP contribution in [0.4, 0.5) is 10.2 Å². The van der Waals surface area contributed by atoms with Gasteiger partial charge < -0.3 is 24.4 Å². The zero-order valence-corrected chi connectivity index (χ0v) is 25.0. The Balaban J connectivity index is 1.37. The number of pyridine rings is 1. The highest BCUT2D eigenvalue weighted by molar-refractivity contribution is 7.98. The third kappa shape index (κ3) is 6.50. The monoisotopic (exact) mass is 599 g/mol.